The number of unbranched alkanes of at least 4 members (excludes halogenated alkanes) is 1. The molecule has 3 aromatic rings. The summed E-state index contributed by atoms with van der Waals surface area (Å²) in [6, 6.07) is 9.08. The van der Waals surface area contributed by atoms with Gasteiger partial charge in [0.1, 0.15) is 11.6 Å². The molecular weight excluding hydrogens is 423 g/mol. The Kier molecular flexibility index (Phi) is 8.87. The lowest BCUT2D eigenvalue weighted by atomic mass is 10.0. The number of rotatable bonds is 10. The predicted molar refractivity (Wildman–Crippen MR) is 126 cm³/mol. The van der Waals surface area contributed by atoms with Crippen LogP contribution >= 0.6 is 0 Å². The molecule has 0 aliphatic rings. The molecule has 0 saturated heterocycles. The zero-order valence-corrected chi connectivity index (χ0v) is 18.7. The standard InChI is InChI=1S/C26H29FN2O4/c1-2-12-33-25-10-7-18(6-4-3-5-11-30)13-23(25)26(32)29-21(17-31)14-19-16-28-24-9-8-20(27)15-22(19)24/h7-10,13,15-16,21,28,30-31H,2-3,5,11-12,14,17H2,1H3,(H,29,32). The number of ether oxygens (including phenoxy) is 1. The average molecular weight is 453 g/mol. The fraction of sp³-hybridized carbons (Fsp3) is 0.346. The van der Waals surface area contributed by atoms with Crippen molar-refractivity contribution in [2.24, 2.45) is 0 Å². The highest BCUT2D eigenvalue weighted by Gasteiger charge is 2.19. The van der Waals surface area contributed by atoms with Crippen LogP contribution in [0, 0.1) is 17.7 Å². The molecule has 0 bridgehead atoms. The number of aromatic amines is 1. The molecule has 33 heavy (non-hydrogen) atoms. The van der Waals surface area contributed by atoms with E-state index in [1.165, 1.54) is 12.1 Å². The first kappa shape index (κ1) is 24.3. The van der Waals surface area contributed by atoms with Gasteiger partial charge in [0.25, 0.3) is 5.91 Å². The first-order valence-corrected chi connectivity index (χ1v) is 11.1. The van der Waals surface area contributed by atoms with Gasteiger partial charge in [0.15, 0.2) is 0 Å². The maximum absolute atomic E-state index is 13.7. The van der Waals surface area contributed by atoms with E-state index in [0.29, 0.717) is 42.7 Å². The van der Waals surface area contributed by atoms with Gasteiger partial charge in [-0.05, 0) is 61.2 Å². The Morgan fingerprint density at radius 1 is 1.24 bits per heavy atom. The summed E-state index contributed by atoms with van der Waals surface area (Å²) in [6.07, 6.45) is 4.03. The topological polar surface area (TPSA) is 94.6 Å². The average Bonchev–Trinajstić information content (AvgIpc) is 3.21. The van der Waals surface area contributed by atoms with Crippen LogP contribution in [-0.4, -0.2) is 47.0 Å². The molecule has 4 N–H and O–H groups in total. The second-order valence-corrected chi connectivity index (χ2v) is 7.75. The molecule has 1 heterocycles. The lowest BCUT2D eigenvalue weighted by Crippen LogP contribution is -2.39. The second-order valence-electron chi connectivity index (χ2n) is 7.75. The first-order chi connectivity index (χ1) is 16.0. The number of carbonyl (C=O) groups is 1. The van der Waals surface area contributed by atoms with Crippen molar-refractivity contribution in [1.29, 1.82) is 0 Å². The highest BCUT2D eigenvalue weighted by Crippen LogP contribution is 2.23. The summed E-state index contributed by atoms with van der Waals surface area (Å²) in [6.45, 7) is 2.25. The summed E-state index contributed by atoms with van der Waals surface area (Å²) in [7, 11) is 0. The zero-order chi connectivity index (χ0) is 23.6. The highest BCUT2D eigenvalue weighted by molar-refractivity contribution is 5.97. The number of carbonyl (C=O) groups excluding carboxylic acids is 1. The van der Waals surface area contributed by atoms with Crippen molar-refractivity contribution in [2.45, 2.75) is 38.6 Å². The summed E-state index contributed by atoms with van der Waals surface area (Å²) >= 11 is 0. The maximum atomic E-state index is 13.7. The van der Waals surface area contributed by atoms with Gasteiger partial charge in [-0.15, -0.1) is 0 Å². The molecule has 0 aliphatic carbocycles. The minimum Gasteiger partial charge on any atom is -0.493 e. The van der Waals surface area contributed by atoms with E-state index in [4.69, 9.17) is 9.84 Å². The minimum absolute atomic E-state index is 0.0811. The molecule has 0 spiro atoms. The summed E-state index contributed by atoms with van der Waals surface area (Å²) in [4.78, 5) is 16.2. The van der Waals surface area contributed by atoms with Crippen LogP contribution in [-0.2, 0) is 6.42 Å². The summed E-state index contributed by atoms with van der Waals surface area (Å²) in [5.41, 5.74) is 2.59. The normalized spacial score (nSPS) is 11.6. The third-order valence-electron chi connectivity index (χ3n) is 5.13. The van der Waals surface area contributed by atoms with Gasteiger partial charge in [0, 0.05) is 35.7 Å². The van der Waals surface area contributed by atoms with Gasteiger partial charge in [-0.1, -0.05) is 18.8 Å². The van der Waals surface area contributed by atoms with Crippen molar-refractivity contribution in [3.63, 3.8) is 0 Å². The third-order valence-corrected chi connectivity index (χ3v) is 5.13. The smallest absolute Gasteiger partial charge is 0.255 e. The van der Waals surface area contributed by atoms with Crippen LogP contribution < -0.4 is 10.1 Å². The maximum Gasteiger partial charge on any atom is 0.255 e. The van der Waals surface area contributed by atoms with E-state index in [9.17, 15) is 14.3 Å². The van der Waals surface area contributed by atoms with Crippen molar-refractivity contribution in [2.75, 3.05) is 19.8 Å². The zero-order valence-electron chi connectivity index (χ0n) is 18.7. The minimum atomic E-state index is -0.571. The number of aliphatic hydroxyl groups is 2. The highest BCUT2D eigenvalue weighted by atomic mass is 19.1. The van der Waals surface area contributed by atoms with E-state index >= 15 is 0 Å². The Morgan fingerprint density at radius 3 is 2.85 bits per heavy atom. The Hall–Kier alpha value is -3.34. The van der Waals surface area contributed by atoms with Crippen molar-refractivity contribution in [3.8, 4) is 17.6 Å². The number of amides is 1. The van der Waals surface area contributed by atoms with Crippen LogP contribution in [0.4, 0.5) is 4.39 Å². The Labute approximate surface area is 192 Å². The van der Waals surface area contributed by atoms with E-state index in [1.54, 1.807) is 30.5 Å². The molecule has 1 atom stereocenters. The predicted octanol–water partition coefficient (Wildman–Crippen LogP) is 3.55. The van der Waals surface area contributed by atoms with E-state index < -0.39 is 6.04 Å². The van der Waals surface area contributed by atoms with E-state index in [1.807, 2.05) is 6.92 Å². The van der Waals surface area contributed by atoms with Crippen LogP contribution in [0.2, 0.25) is 0 Å². The van der Waals surface area contributed by atoms with Crippen LogP contribution in [0.5, 0.6) is 5.75 Å². The molecule has 0 saturated carbocycles. The SMILES string of the molecule is CCCOc1ccc(C#CCCCO)cc1C(=O)NC(CO)Cc1c[nH]c2ccc(F)cc12. The van der Waals surface area contributed by atoms with Crippen LogP contribution in [0.1, 0.15) is 47.7 Å². The molecule has 2 aromatic carbocycles. The summed E-state index contributed by atoms with van der Waals surface area (Å²) in [5.74, 6) is 5.70. The van der Waals surface area contributed by atoms with Gasteiger partial charge < -0.3 is 25.3 Å². The number of aromatic nitrogens is 1. The number of benzene rings is 2. The van der Waals surface area contributed by atoms with Gasteiger partial charge >= 0.3 is 0 Å². The molecule has 7 heteroatoms. The van der Waals surface area contributed by atoms with Crippen molar-refractivity contribution in [3.05, 3.63) is 65.1 Å². The summed E-state index contributed by atoms with van der Waals surface area (Å²) in [5, 5.41) is 22.4. The van der Waals surface area contributed by atoms with Gasteiger partial charge in [-0.3, -0.25) is 4.79 Å². The molecule has 1 aromatic heterocycles. The molecule has 174 valence electrons. The van der Waals surface area contributed by atoms with Gasteiger partial charge in [0.05, 0.1) is 24.8 Å². The summed E-state index contributed by atoms with van der Waals surface area (Å²) < 4.78 is 19.4. The Balaban J connectivity index is 1.80. The molecule has 0 aliphatic heterocycles. The fourth-order valence-electron chi connectivity index (χ4n) is 3.46. The monoisotopic (exact) mass is 452 g/mol. The molecule has 0 fully saturated rings. The molecular formula is C26H29FN2O4. The van der Waals surface area contributed by atoms with Crippen molar-refractivity contribution >= 4 is 16.8 Å². The number of fused-ring (bicyclic) bond motifs is 1. The molecule has 6 nitrogen and oxygen atoms in total. The quantitative estimate of drug-likeness (QED) is 0.280. The lowest BCUT2D eigenvalue weighted by Gasteiger charge is -2.18. The number of hydrogen-bond acceptors (Lipinski definition) is 4. The Bertz CT molecular complexity index is 1150. The van der Waals surface area contributed by atoms with E-state index in [-0.39, 0.29) is 24.9 Å². The third kappa shape index (κ3) is 6.58. The number of aliphatic hydroxyl groups excluding tert-OH is 2. The molecule has 1 amide bonds. The van der Waals surface area contributed by atoms with Gasteiger partial charge in [-0.2, -0.15) is 0 Å². The van der Waals surface area contributed by atoms with Gasteiger partial charge in [0.2, 0.25) is 0 Å². The number of H-pyrrole nitrogens is 1. The van der Waals surface area contributed by atoms with Crippen LogP contribution in [0.3, 0.4) is 0 Å². The molecule has 0 radical (unpaired) electrons. The molecule has 1 unspecified atom stereocenters. The number of halogens is 1. The lowest BCUT2D eigenvalue weighted by molar-refractivity contribution is 0.0912. The Morgan fingerprint density at radius 2 is 2.09 bits per heavy atom. The van der Waals surface area contributed by atoms with Crippen molar-refractivity contribution < 1.29 is 24.1 Å². The van der Waals surface area contributed by atoms with Gasteiger partial charge in [-0.25, -0.2) is 4.39 Å². The van der Waals surface area contributed by atoms with E-state index in [0.717, 1.165) is 22.9 Å². The van der Waals surface area contributed by atoms with Crippen molar-refractivity contribution in [1.82, 2.24) is 10.3 Å². The number of nitrogens with one attached hydrogen (secondary N) is 2. The number of hydrogen-bond donors (Lipinski definition) is 4. The second kappa shape index (κ2) is 12.0. The largest absolute Gasteiger partial charge is 0.493 e. The van der Waals surface area contributed by atoms with Crippen LogP contribution in [0.15, 0.2) is 42.6 Å². The first-order valence-electron chi connectivity index (χ1n) is 11.1. The fourth-order valence-corrected chi connectivity index (χ4v) is 3.46. The molecule has 3 rings (SSSR count). The van der Waals surface area contributed by atoms with E-state index in [2.05, 4.69) is 22.1 Å². The van der Waals surface area contributed by atoms with Crippen LogP contribution in [0.25, 0.3) is 10.9 Å².